The van der Waals surface area contributed by atoms with Gasteiger partial charge in [-0.1, -0.05) is 24.2 Å². The first-order valence-corrected chi connectivity index (χ1v) is 15.7. The molecule has 4 aliphatic rings. The van der Waals surface area contributed by atoms with Gasteiger partial charge in [0.05, 0.1) is 4.88 Å². The molecule has 2 fully saturated rings. The number of guanidine groups is 1. The maximum absolute atomic E-state index is 9.33. The van der Waals surface area contributed by atoms with Crippen molar-refractivity contribution in [1.82, 2.24) is 0 Å². The van der Waals surface area contributed by atoms with Crippen LogP contribution in [0.2, 0.25) is 0 Å². The molecular formula is C32H24N6O2S2. The lowest BCUT2D eigenvalue weighted by Crippen LogP contribution is -2.38. The van der Waals surface area contributed by atoms with E-state index >= 15 is 0 Å². The van der Waals surface area contributed by atoms with Gasteiger partial charge in [-0.05, 0) is 82.7 Å². The van der Waals surface area contributed by atoms with E-state index in [4.69, 9.17) is 22.6 Å². The number of benzene rings is 1. The van der Waals surface area contributed by atoms with Gasteiger partial charge in [0.1, 0.15) is 39.8 Å². The highest BCUT2D eigenvalue weighted by Crippen LogP contribution is 2.61. The number of rotatable bonds is 2. The van der Waals surface area contributed by atoms with Crippen molar-refractivity contribution in [1.29, 1.82) is 10.5 Å². The molecule has 8 nitrogen and oxygen atoms in total. The number of hydrogen-bond donors (Lipinski definition) is 0. The van der Waals surface area contributed by atoms with Gasteiger partial charge in [-0.15, -0.1) is 11.3 Å². The first-order valence-electron chi connectivity index (χ1n) is 14.1. The quantitative estimate of drug-likeness (QED) is 0.169. The van der Waals surface area contributed by atoms with Gasteiger partial charge in [-0.25, -0.2) is 14.7 Å². The van der Waals surface area contributed by atoms with Crippen LogP contribution in [0.3, 0.4) is 0 Å². The summed E-state index contributed by atoms with van der Waals surface area (Å²) in [5.74, 6) is 1.38. The fourth-order valence-electron chi connectivity index (χ4n) is 6.91. The first kappa shape index (κ1) is 26.4. The zero-order valence-electron chi connectivity index (χ0n) is 22.7. The Hall–Kier alpha value is -4.48. The largest absolute Gasteiger partial charge is 0.635 e. The molecule has 0 radical (unpaired) electrons. The fourth-order valence-corrected chi connectivity index (χ4v) is 9.19. The molecule has 0 amide bonds. The monoisotopic (exact) mass is 588 g/mol. The Kier molecular flexibility index (Phi) is 6.36. The Morgan fingerprint density at radius 1 is 0.714 bits per heavy atom. The molecule has 2 aromatic heterocycles. The van der Waals surface area contributed by atoms with E-state index in [1.54, 1.807) is 0 Å². The number of nitriles is 2. The summed E-state index contributed by atoms with van der Waals surface area (Å²) in [6.07, 6.45) is 10.1. The molecule has 0 saturated heterocycles. The van der Waals surface area contributed by atoms with Crippen LogP contribution in [0.25, 0.3) is 30.6 Å². The van der Waals surface area contributed by atoms with Gasteiger partial charge in [0, 0.05) is 38.2 Å². The molecule has 42 heavy (non-hydrogen) atoms. The predicted molar refractivity (Wildman–Crippen MR) is 162 cm³/mol. The van der Waals surface area contributed by atoms with E-state index in [1.165, 1.54) is 22.7 Å². The summed E-state index contributed by atoms with van der Waals surface area (Å²) in [5.41, 5.74) is 2.93. The molecule has 0 atom stereocenters. The Morgan fingerprint density at radius 3 is 1.60 bits per heavy atom. The van der Waals surface area contributed by atoms with Crippen LogP contribution in [-0.2, 0) is 11.2 Å². The van der Waals surface area contributed by atoms with Crippen LogP contribution >= 0.6 is 22.7 Å². The van der Waals surface area contributed by atoms with Crippen LogP contribution in [0.15, 0.2) is 34.3 Å². The molecule has 0 bridgehead atoms. The summed E-state index contributed by atoms with van der Waals surface area (Å²) >= 11 is 2.99. The number of aliphatic imine (C=N–C) groups is 2. The molecular weight excluding hydrogens is 565 g/mol. The summed E-state index contributed by atoms with van der Waals surface area (Å²) in [7, 11) is 0. The van der Waals surface area contributed by atoms with Gasteiger partial charge in [0.2, 0.25) is 5.71 Å². The molecule has 0 unspecified atom stereocenters. The minimum absolute atomic E-state index is 0.163. The van der Waals surface area contributed by atoms with Gasteiger partial charge in [-0.3, -0.25) is 0 Å². The normalized spacial score (nSPS) is 18.2. The van der Waals surface area contributed by atoms with Crippen molar-refractivity contribution in [2.75, 3.05) is 0 Å². The van der Waals surface area contributed by atoms with E-state index < -0.39 is 11.2 Å². The van der Waals surface area contributed by atoms with E-state index in [0.29, 0.717) is 10.0 Å². The van der Waals surface area contributed by atoms with E-state index in [2.05, 4.69) is 31.8 Å². The van der Waals surface area contributed by atoms with Crippen LogP contribution in [-0.4, -0.2) is 11.7 Å². The lowest BCUT2D eigenvalue weighted by molar-refractivity contribution is 0.0203. The van der Waals surface area contributed by atoms with Gasteiger partial charge >= 0.3 is 5.96 Å². The minimum atomic E-state index is -0.480. The minimum Gasteiger partial charge on any atom is -0.482 e. The number of thiophene rings is 2. The topological polar surface area (TPSA) is 99.5 Å². The zero-order valence-corrected chi connectivity index (χ0v) is 24.3. The van der Waals surface area contributed by atoms with Gasteiger partial charge in [-0.2, -0.15) is 10.5 Å². The third-order valence-corrected chi connectivity index (χ3v) is 10.9. The zero-order chi connectivity index (χ0) is 28.9. The SMILES string of the molecule is [C-]#[N+]C(=Nc1cc2c(s1)-c1cc3c(cc1OC21CCCCC1)-c1sc(N=C(C#N)C#N)cc1C1(CCCCC1)O3)[N+]#[C-]. The highest BCUT2D eigenvalue weighted by molar-refractivity contribution is 7.20. The standard InChI is InChI=1S/C32H24N6O2S2/c1-35-30(36-2)38-27-16-23-29(42-27)21-14-24-20(13-25(21)40-32(23)11-7-4-8-12-32)28-22(31(39-24)9-5-3-6-10-31)15-26(41-28)37-19(17-33)18-34/h13-16H,3-12H2. The van der Waals surface area contributed by atoms with Crippen molar-refractivity contribution < 1.29 is 9.47 Å². The summed E-state index contributed by atoms with van der Waals surface area (Å²) in [4.78, 5) is 17.4. The third-order valence-electron chi connectivity index (χ3n) is 8.77. The van der Waals surface area contributed by atoms with Crippen molar-refractivity contribution in [2.24, 2.45) is 9.98 Å². The van der Waals surface area contributed by atoms with Gasteiger partial charge in [0.25, 0.3) is 5.00 Å². The van der Waals surface area contributed by atoms with Crippen LogP contribution < -0.4 is 9.47 Å². The highest BCUT2D eigenvalue weighted by atomic mass is 32.1. The third kappa shape index (κ3) is 4.11. The molecule has 0 N–H and O–H groups in total. The molecule has 2 saturated carbocycles. The predicted octanol–water partition coefficient (Wildman–Crippen LogP) is 9.19. The Labute approximate surface area is 251 Å². The molecule has 2 aliphatic carbocycles. The highest BCUT2D eigenvalue weighted by Gasteiger charge is 2.47. The summed E-state index contributed by atoms with van der Waals surface area (Å²) < 4.78 is 13.9. The van der Waals surface area contributed by atoms with Gasteiger partial charge in [0.15, 0.2) is 0 Å². The molecule has 4 heterocycles. The van der Waals surface area contributed by atoms with Crippen molar-refractivity contribution >= 4 is 44.3 Å². The average molecular weight is 589 g/mol. The number of hydrogen-bond acceptors (Lipinski definition) is 8. The van der Waals surface area contributed by atoms with E-state index in [0.717, 1.165) is 108 Å². The Bertz CT molecular complexity index is 1690. The van der Waals surface area contributed by atoms with Crippen molar-refractivity contribution in [3.63, 3.8) is 0 Å². The number of ether oxygens (including phenoxy) is 2. The average Bonchev–Trinajstić information content (AvgIpc) is 3.65. The van der Waals surface area contributed by atoms with Crippen molar-refractivity contribution in [2.45, 2.75) is 75.4 Å². The number of nitrogens with zero attached hydrogens (tertiary/aromatic N) is 6. The van der Waals surface area contributed by atoms with Crippen molar-refractivity contribution in [3.8, 4) is 44.5 Å². The first-order chi connectivity index (χ1) is 20.5. The maximum atomic E-state index is 9.33. The Balaban J connectivity index is 1.42. The van der Waals surface area contributed by atoms with Crippen LogP contribution in [0.4, 0.5) is 10.0 Å². The van der Waals surface area contributed by atoms with E-state index in [1.807, 2.05) is 24.3 Å². The molecule has 3 aromatic rings. The van der Waals surface area contributed by atoms with E-state index in [-0.39, 0.29) is 11.7 Å². The summed E-state index contributed by atoms with van der Waals surface area (Å²) in [5, 5.41) is 19.9. The molecule has 2 spiro atoms. The number of fused-ring (bicyclic) bond motifs is 8. The lowest BCUT2D eigenvalue weighted by Gasteiger charge is -2.44. The molecule has 206 valence electrons. The van der Waals surface area contributed by atoms with E-state index in [9.17, 15) is 10.5 Å². The smallest absolute Gasteiger partial charge is 0.482 e. The second-order valence-electron chi connectivity index (χ2n) is 11.1. The molecule has 10 heteroatoms. The molecule has 1 aromatic carbocycles. The van der Waals surface area contributed by atoms with Crippen LogP contribution in [0.1, 0.15) is 75.3 Å². The Morgan fingerprint density at radius 2 is 1.17 bits per heavy atom. The maximum Gasteiger partial charge on any atom is 0.635 e. The second-order valence-corrected chi connectivity index (χ2v) is 13.2. The molecule has 2 aliphatic heterocycles. The second kappa shape index (κ2) is 10.1. The summed E-state index contributed by atoms with van der Waals surface area (Å²) in [6, 6.07) is 11.9. The summed E-state index contributed by atoms with van der Waals surface area (Å²) in [6.45, 7) is 14.6. The van der Waals surface area contributed by atoms with Crippen molar-refractivity contribution in [3.05, 3.63) is 58.2 Å². The molecule has 7 rings (SSSR count). The van der Waals surface area contributed by atoms with Crippen LogP contribution in [0.5, 0.6) is 11.5 Å². The lowest BCUT2D eigenvalue weighted by atomic mass is 9.76. The van der Waals surface area contributed by atoms with Gasteiger partial charge < -0.3 is 9.47 Å². The fraction of sp³-hybridized carbons (Fsp3) is 0.375. The van der Waals surface area contributed by atoms with Crippen LogP contribution in [0, 0.1) is 35.8 Å².